The molecule has 1 unspecified atom stereocenters. The summed E-state index contributed by atoms with van der Waals surface area (Å²) in [5.41, 5.74) is 5.44. The van der Waals surface area contributed by atoms with Gasteiger partial charge in [-0.05, 0) is 38.1 Å². The molecule has 4 nitrogen and oxygen atoms in total. The average Bonchev–Trinajstić information content (AvgIpc) is 2.39. The largest absolute Gasteiger partial charge is 0.384 e. The van der Waals surface area contributed by atoms with Gasteiger partial charge in [0.2, 0.25) is 5.91 Å². The van der Waals surface area contributed by atoms with Crippen LogP contribution in [0.5, 0.6) is 0 Å². The summed E-state index contributed by atoms with van der Waals surface area (Å²) in [6.45, 7) is 3.36. The third-order valence-corrected chi connectivity index (χ3v) is 3.62. The lowest BCUT2D eigenvalue weighted by Crippen LogP contribution is -2.41. The molecule has 0 saturated carbocycles. The molecule has 5 heteroatoms. The summed E-state index contributed by atoms with van der Waals surface area (Å²) in [6.07, 6.45) is 7.36. The first-order valence-electron chi connectivity index (χ1n) is 7.24. The van der Waals surface area contributed by atoms with E-state index >= 15 is 0 Å². The highest BCUT2D eigenvalue weighted by Crippen LogP contribution is 2.18. The lowest BCUT2D eigenvalue weighted by molar-refractivity contribution is -0.133. The van der Waals surface area contributed by atoms with Crippen LogP contribution in [0.1, 0.15) is 44.9 Å². The van der Waals surface area contributed by atoms with Crippen LogP contribution in [0.4, 0.5) is 0 Å². The van der Waals surface area contributed by atoms with Crippen molar-refractivity contribution in [2.75, 3.05) is 33.4 Å². The Kier molecular flexibility index (Phi) is 11.3. The Balaban J connectivity index is 0.00000324. The van der Waals surface area contributed by atoms with Gasteiger partial charge >= 0.3 is 0 Å². The monoisotopic (exact) mass is 292 g/mol. The number of piperidine rings is 1. The number of methoxy groups -OCH3 is 1. The van der Waals surface area contributed by atoms with E-state index in [9.17, 15) is 4.79 Å². The second-order valence-electron chi connectivity index (χ2n) is 5.26. The molecular formula is C14H29ClN2O2. The van der Waals surface area contributed by atoms with E-state index in [-0.39, 0.29) is 12.4 Å². The molecule has 0 aromatic heterocycles. The molecule has 2 N–H and O–H groups in total. The number of hydrogen-bond acceptors (Lipinski definition) is 3. The van der Waals surface area contributed by atoms with Crippen LogP contribution in [0.2, 0.25) is 0 Å². The molecule has 19 heavy (non-hydrogen) atoms. The normalized spacial score (nSPS) is 19.1. The minimum absolute atomic E-state index is 0. The van der Waals surface area contributed by atoms with E-state index in [0.717, 1.165) is 58.3 Å². The van der Waals surface area contributed by atoms with Gasteiger partial charge in [-0.2, -0.15) is 0 Å². The lowest BCUT2D eigenvalue weighted by Gasteiger charge is -2.32. The van der Waals surface area contributed by atoms with Crippen LogP contribution < -0.4 is 5.73 Å². The highest BCUT2D eigenvalue weighted by Gasteiger charge is 2.22. The smallest absolute Gasteiger partial charge is 0.222 e. The van der Waals surface area contributed by atoms with Crippen LogP contribution in [-0.2, 0) is 9.53 Å². The van der Waals surface area contributed by atoms with E-state index in [2.05, 4.69) is 0 Å². The Morgan fingerprint density at radius 1 is 1.32 bits per heavy atom. The van der Waals surface area contributed by atoms with Crippen LogP contribution in [0, 0.1) is 5.92 Å². The molecule has 1 heterocycles. The Labute approximate surface area is 123 Å². The molecule has 1 fully saturated rings. The number of unbranched alkanes of at least 4 members (excludes halogenated alkanes) is 3. The van der Waals surface area contributed by atoms with Crippen molar-refractivity contribution >= 4 is 18.3 Å². The maximum atomic E-state index is 12.0. The van der Waals surface area contributed by atoms with Crippen molar-refractivity contribution in [3.05, 3.63) is 0 Å². The van der Waals surface area contributed by atoms with Crippen molar-refractivity contribution in [2.24, 2.45) is 11.7 Å². The standard InChI is InChI=1S/C14H28N2O2.ClH/c1-18-12-13-7-6-10-16(11-13)14(17)8-4-2-3-5-9-15;/h13H,2-12,15H2,1H3;1H. The topological polar surface area (TPSA) is 55.6 Å². The Morgan fingerprint density at radius 2 is 2.05 bits per heavy atom. The summed E-state index contributed by atoms with van der Waals surface area (Å²) in [5, 5.41) is 0. The van der Waals surface area contributed by atoms with Gasteiger partial charge in [-0.15, -0.1) is 12.4 Å². The molecule has 1 atom stereocenters. The number of halogens is 1. The van der Waals surface area contributed by atoms with Crippen LogP contribution in [-0.4, -0.2) is 44.2 Å². The van der Waals surface area contributed by atoms with Crippen LogP contribution in [0.25, 0.3) is 0 Å². The Hall–Kier alpha value is -0.320. The molecule has 0 bridgehead atoms. The quantitative estimate of drug-likeness (QED) is 0.698. The SMILES string of the molecule is COCC1CCCN(C(=O)CCCCCCN)C1.Cl. The zero-order valence-electron chi connectivity index (χ0n) is 12.1. The number of carbonyl (C=O) groups is 1. The Morgan fingerprint density at radius 3 is 2.74 bits per heavy atom. The van der Waals surface area contributed by atoms with Crippen LogP contribution in [0.15, 0.2) is 0 Å². The minimum Gasteiger partial charge on any atom is -0.384 e. The number of amides is 1. The molecule has 0 aliphatic carbocycles. The molecule has 1 aliphatic rings. The number of likely N-dealkylation sites (tertiary alicyclic amines) is 1. The predicted octanol–water partition coefficient (Wildman–Crippen LogP) is 2.20. The number of nitrogens with zero attached hydrogens (tertiary/aromatic N) is 1. The Bertz CT molecular complexity index is 237. The van der Waals surface area contributed by atoms with Crippen molar-refractivity contribution < 1.29 is 9.53 Å². The molecular weight excluding hydrogens is 264 g/mol. The first-order chi connectivity index (χ1) is 8.77. The summed E-state index contributed by atoms with van der Waals surface area (Å²) in [4.78, 5) is 14.1. The van der Waals surface area contributed by atoms with Gasteiger partial charge in [-0.1, -0.05) is 12.8 Å². The number of hydrogen-bond donors (Lipinski definition) is 1. The molecule has 0 spiro atoms. The van der Waals surface area contributed by atoms with Crippen molar-refractivity contribution in [3.63, 3.8) is 0 Å². The molecule has 0 aromatic rings. The summed E-state index contributed by atoms with van der Waals surface area (Å²) in [7, 11) is 1.73. The molecule has 114 valence electrons. The van der Waals surface area contributed by atoms with Crippen molar-refractivity contribution in [1.29, 1.82) is 0 Å². The summed E-state index contributed by atoms with van der Waals surface area (Å²) in [5.74, 6) is 0.855. The van der Waals surface area contributed by atoms with E-state index in [0.29, 0.717) is 18.2 Å². The molecule has 1 aliphatic heterocycles. The number of rotatable bonds is 8. The number of carbonyl (C=O) groups excluding carboxylic acids is 1. The van der Waals surface area contributed by atoms with Crippen molar-refractivity contribution in [3.8, 4) is 0 Å². The van der Waals surface area contributed by atoms with Crippen molar-refractivity contribution in [2.45, 2.75) is 44.9 Å². The number of nitrogens with two attached hydrogens (primary N) is 1. The van der Waals surface area contributed by atoms with Gasteiger partial charge in [0.05, 0.1) is 6.61 Å². The second kappa shape index (κ2) is 11.5. The third kappa shape index (κ3) is 7.75. The van der Waals surface area contributed by atoms with E-state index in [1.807, 2.05) is 4.90 Å². The van der Waals surface area contributed by atoms with E-state index < -0.39 is 0 Å². The van der Waals surface area contributed by atoms with Crippen LogP contribution >= 0.6 is 12.4 Å². The molecule has 1 saturated heterocycles. The molecule has 0 aromatic carbocycles. The van der Waals surface area contributed by atoms with Gasteiger partial charge in [0.15, 0.2) is 0 Å². The van der Waals surface area contributed by atoms with E-state index in [4.69, 9.17) is 10.5 Å². The fraction of sp³-hybridized carbons (Fsp3) is 0.929. The van der Waals surface area contributed by atoms with Crippen LogP contribution in [0.3, 0.4) is 0 Å². The predicted molar refractivity (Wildman–Crippen MR) is 80.6 cm³/mol. The van der Waals surface area contributed by atoms with Gasteiger partial charge in [0, 0.05) is 26.6 Å². The van der Waals surface area contributed by atoms with Crippen molar-refractivity contribution in [1.82, 2.24) is 4.90 Å². The second-order valence-corrected chi connectivity index (χ2v) is 5.26. The van der Waals surface area contributed by atoms with E-state index in [1.165, 1.54) is 6.42 Å². The van der Waals surface area contributed by atoms with Gasteiger partial charge in [-0.25, -0.2) is 0 Å². The maximum absolute atomic E-state index is 12.0. The first kappa shape index (κ1) is 18.7. The summed E-state index contributed by atoms with van der Waals surface area (Å²) in [6, 6.07) is 0. The van der Waals surface area contributed by atoms with E-state index in [1.54, 1.807) is 7.11 Å². The van der Waals surface area contributed by atoms with Gasteiger partial charge < -0.3 is 15.4 Å². The third-order valence-electron chi connectivity index (χ3n) is 3.62. The first-order valence-corrected chi connectivity index (χ1v) is 7.24. The van der Waals surface area contributed by atoms with Gasteiger partial charge in [-0.3, -0.25) is 4.79 Å². The average molecular weight is 293 g/mol. The fourth-order valence-corrected chi connectivity index (χ4v) is 2.60. The maximum Gasteiger partial charge on any atom is 0.222 e. The number of ether oxygens (including phenoxy) is 1. The zero-order valence-corrected chi connectivity index (χ0v) is 12.9. The molecule has 1 amide bonds. The zero-order chi connectivity index (χ0) is 13.2. The van der Waals surface area contributed by atoms with Gasteiger partial charge in [0.1, 0.15) is 0 Å². The molecule has 0 radical (unpaired) electrons. The highest BCUT2D eigenvalue weighted by molar-refractivity contribution is 5.85. The summed E-state index contributed by atoms with van der Waals surface area (Å²) >= 11 is 0. The molecule has 1 rings (SSSR count). The summed E-state index contributed by atoms with van der Waals surface area (Å²) < 4.78 is 5.19. The lowest BCUT2D eigenvalue weighted by atomic mass is 9.98. The minimum atomic E-state index is 0. The fourth-order valence-electron chi connectivity index (χ4n) is 2.60. The van der Waals surface area contributed by atoms with Gasteiger partial charge in [0.25, 0.3) is 0 Å². The highest BCUT2D eigenvalue weighted by atomic mass is 35.5.